The van der Waals surface area contributed by atoms with E-state index >= 15 is 0 Å². The van der Waals surface area contributed by atoms with Gasteiger partial charge < -0.3 is 20.1 Å². The topological polar surface area (TPSA) is 54.9 Å². The molecule has 0 unspecified atom stereocenters. The molecular weight excluding hydrogens is 369 g/mol. The van der Waals surface area contributed by atoms with Crippen LogP contribution in [-0.4, -0.2) is 33.8 Å². The van der Waals surface area contributed by atoms with Crippen molar-refractivity contribution >= 4 is 35.6 Å². The molecule has 0 aliphatic carbocycles. The van der Waals surface area contributed by atoms with Gasteiger partial charge >= 0.3 is 0 Å². The van der Waals surface area contributed by atoms with Crippen LogP contribution >= 0.6 is 24.0 Å². The second kappa shape index (κ2) is 9.68. The Bertz CT molecular complexity index is 436. The Morgan fingerprint density at radius 1 is 1.20 bits per heavy atom. The van der Waals surface area contributed by atoms with Gasteiger partial charge in [-0.15, -0.1) is 24.0 Å². The fourth-order valence-corrected chi connectivity index (χ4v) is 1.53. The maximum absolute atomic E-state index is 5.27. The van der Waals surface area contributed by atoms with Crippen molar-refractivity contribution in [2.24, 2.45) is 10.9 Å². The molecule has 0 amide bonds. The van der Waals surface area contributed by atoms with Gasteiger partial charge in [-0.1, -0.05) is 13.8 Å². The molecule has 0 saturated carbocycles. The molecule has 0 radical (unpaired) electrons. The fourth-order valence-electron chi connectivity index (χ4n) is 1.53. The van der Waals surface area contributed by atoms with Crippen molar-refractivity contribution in [2.45, 2.75) is 13.8 Å². The van der Waals surface area contributed by atoms with Crippen molar-refractivity contribution in [3.63, 3.8) is 0 Å². The summed E-state index contributed by atoms with van der Waals surface area (Å²) in [6, 6.07) is 5.65. The molecule has 0 fully saturated rings. The van der Waals surface area contributed by atoms with Crippen molar-refractivity contribution in [2.75, 3.05) is 33.1 Å². The van der Waals surface area contributed by atoms with E-state index in [1.807, 2.05) is 18.2 Å². The quantitative estimate of drug-likeness (QED) is 0.459. The van der Waals surface area contributed by atoms with Crippen LogP contribution in [0.4, 0.5) is 5.69 Å². The number of methoxy groups -OCH3 is 2. The zero-order chi connectivity index (χ0) is 14.3. The summed E-state index contributed by atoms with van der Waals surface area (Å²) in [5.74, 6) is 2.69. The lowest BCUT2D eigenvalue weighted by atomic mass is 10.2. The van der Waals surface area contributed by atoms with E-state index in [0.717, 1.165) is 18.2 Å². The first-order valence-electron chi connectivity index (χ1n) is 6.30. The number of anilines is 1. The Morgan fingerprint density at radius 3 is 2.35 bits per heavy atom. The normalized spacial score (nSPS) is 10.8. The summed E-state index contributed by atoms with van der Waals surface area (Å²) in [6.45, 7) is 5.17. The van der Waals surface area contributed by atoms with Crippen LogP contribution in [0, 0.1) is 5.92 Å². The number of benzene rings is 1. The minimum Gasteiger partial charge on any atom is -0.493 e. The average Bonchev–Trinajstić information content (AvgIpc) is 2.42. The third-order valence-electron chi connectivity index (χ3n) is 2.55. The highest BCUT2D eigenvalue weighted by atomic mass is 127. The lowest BCUT2D eigenvalue weighted by Crippen LogP contribution is -2.33. The van der Waals surface area contributed by atoms with E-state index in [1.54, 1.807) is 21.3 Å². The van der Waals surface area contributed by atoms with Gasteiger partial charge in [-0.3, -0.25) is 4.99 Å². The van der Waals surface area contributed by atoms with Crippen LogP contribution in [-0.2, 0) is 0 Å². The van der Waals surface area contributed by atoms with Crippen LogP contribution in [0.15, 0.2) is 23.2 Å². The van der Waals surface area contributed by atoms with Crippen molar-refractivity contribution in [3.05, 3.63) is 18.2 Å². The molecule has 114 valence electrons. The smallest absolute Gasteiger partial charge is 0.195 e. The maximum Gasteiger partial charge on any atom is 0.195 e. The van der Waals surface area contributed by atoms with Gasteiger partial charge in [-0.25, -0.2) is 0 Å². The molecule has 1 aromatic carbocycles. The van der Waals surface area contributed by atoms with Crippen LogP contribution < -0.4 is 20.1 Å². The average molecular weight is 393 g/mol. The van der Waals surface area contributed by atoms with Crippen LogP contribution in [0.3, 0.4) is 0 Å². The molecule has 0 bridgehead atoms. The molecule has 0 heterocycles. The summed E-state index contributed by atoms with van der Waals surface area (Å²) in [7, 11) is 4.98. The van der Waals surface area contributed by atoms with Crippen molar-refractivity contribution in [1.82, 2.24) is 5.32 Å². The number of aliphatic imine (C=N–C) groups is 1. The Hall–Kier alpha value is -1.18. The second-order valence-electron chi connectivity index (χ2n) is 4.54. The van der Waals surface area contributed by atoms with Crippen LogP contribution in [0.25, 0.3) is 0 Å². The molecule has 2 N–H and O–H groups in total. The number of rotatable bonds is 5. The van der Waals surface area contributed by atoms with Crippen molar-refractivity contribution in [3.8, 4) is 11.5 Å². The van der Waals surface area contributed by atoms with E-state index in [9.17, 15) is 0 Å². The van der Waals surface area contributed by atoms with E-state index in [2.05, 4.69) is 29.5 Å². The molecule has 20 heavy (non-hydrogen) atoms. The third-order valence-corrected chi connectivity index (χ3v) is 2.55. The zero-order valence-electron chi connectivity index (χ0n) is 12.7. The van der Waals surface area contributed by atoms with Gasteiger partial charge in [0.05, 0.1) is 14.2 Å². The fraction of sp³-hybridized carbons (Fsp3) is 0.500. The van der Waals surface area contributed by atoms with Gasteiger partial charge in [0.25, 0.3) is 0 Å². The molecule has 0 saturated heterocycles. The zero-order valence-corrected chi connectivity index (χ0v) is 15.0. The van der Waals surface area contributed by atoms with Gasteiger partial charge in [0.15, 0.2) is 17.5 Å². The number of hydrogen-bond acceptors (Lipinski definition) is 3. The predicted molar refractivity (Wildman–Crippen MR) is 94.8 cm³/mol. The SMILES string of the molecule is CN=C(NCC(C)C)Nc1ccc(OC)c(OC)c1.I. The molecule has 1 aromatic rings. The summed E-state index contributed by atoms with van der Waals surface area (Å²) in [5, 5.41) is 6.46. The van der Waals surface area contributed by atoms with Crippen LogP contribution in [0.5, 0.6) is 11.5 Å². The Morgan fingerprint density at radius 2 is 1.85 bits per heavy atom. The minimum absolute atomic E-state index is 0. The molecule has 0 aromatic heterocycles. The first-order chi connectivity index (χ1) is 9.10. The Labute approximate surface area is 138 Å². The summed E-state index contributed by atoms with van der Waals surface area (Å²) < 4.78 is 10.5. The molecule has 0 spiro atoms. The highest BCUT2D eigenvalue weighted by Crippen LogP contribution is 2.29. The molecule has 0 atom stereocenters. The number of hydrogen-bond donors (Lipinski definition) is 2. The number of nitrogens with zero attached hydrogens (tertiary/aromatic N) is 1. The highest BCUT2D eigenvalue weighted by Gasteiger charge is 2.06. The largest absolute Gasteiger partial charge is 0.493 e. The van der Waals surface area contributed by atoms with E-state index in [0.29, 0.717) is 17.4 Å². The first kappa shape index (κ1) is 18.8. The Kier molecular flexibility index (Phi) is 9.11. The summed E-state index contributed by atoms with van der Waals surface area (Å²) >= 11 is 0. The van der Waals surface area contributed by atoms with Gasteiger partial charge in [0, 0.05) is 25.3 Å². The van der Waals surface area contributed by atoms with Gasteiger partial charge in [0.1, 0.15) is 0 Å². The van der Waals surface area contributed by atoms with Crippen LogP contribution in [0.1, 0.15) is 13.8 Å². The summed E-state index contributed by atoms with van der Waals surface area (Å²) in [4.78, 5) is 4.18. The lowest BCUT2D eigenvalue weighted by molar-refractivity contribution is 0.355. The minimum atomic E-state index is 0. The molecule has 0 aliphatic heterocycles. The summed E-state index contributed by atoms with van der Waals surface area (Å²) in [6.07, 6.45) is 0. The van der Waals surface area contributed by atoms with Gasteiger partial charge in [0.2, 0.25) is 0 Å². The lowest BCUT2D eigenvalue weighted by Gasteiger charge is -2.15. The number of ether oxygens (including phenoxy) is 2. The molecule has 0 aliphatic rings. The number of guanidine groups is 1. The standard InChI is InChI=1S/C14H23N3O2.HI/c1-10(2)9-16-14(15-3)17-11-6-7-12(18-4)13(8-11)19-5;/h6-8,10H,9H2,1-5H3,(H2,15,16,17);1H. The molecule has 5 nitrogen and oxygen atoms in total. The second-order valence-corrected chi connectivity index (χ2v) is 4.54. The van der Waals surface area contributed by atoms with E-state index < -0.39 is 0 Å². The first-order valence-corrected chi connectivity index (χ1v) is 6.30. The van der Waals surface area contributed by atoms with E-state index in [1.165, 1.54) is 0 Å². The summed E-state index contributed by atoms with van der Waals surface area (Å²) in [5.41, 5.74) is 0.898. The molecular formula is C14H24IN3O2. The predicted octanol–water partition coefficient (Wildman–Crippen LogP) is 2.97. The third kappa shape index (κ3) is 5.85. The molecule has 6 heteroatoms. The molecule has 1 rings (SSSR count). The van der Waals surface area contributed by atoms with Crippen LogP contribution in [0.2, 0.25) is 0 Å². The van der Waals surface area contributed by atoms with Crippen molar-refractivity contribution in [1.29, 1.82) is 0 Å². The van der Waals surface area contributed by atoms with E-state index in [-0.39, 0.29) is 24.0 Å². The maximum atomic E-state index is 5.27. The van der Waals surface area contributed by atoms with Gasteiger partial charge in [-0.05, 0) is 18.1 Å². The monoisotopic (exact) mass is 393 g/mol. The van der Waals surface area contributed by atoms with Gasteiger partial charge in [-0.2, -0.15) is 0 Å². The highest BCUT2D eigenvalue weighted by molar-refractivity contribution is 14.0. The van der Waals surface area contributed by atoms with Crippen molar-refractivity contribution < 1.29 is 9.47 Å². The van der Waals surface area contributed by atoms with E-state index in [4.69, 9.17) is 9.47 Å². The number of halogens is 1. The number of nitrogens with one attached hydrogen (secondary N) is 2. The Balaban J connectivity index is 0.00000361.